The summed E-state index contributed by atoms with van der Waals surface area (Å²) in [7, 11) is 0. The van der Waals surface area contributed by atoms with Crippen LogP contribution in [0.5, 0.6) is 5.75 Å². The number of hydrogen-bond acceptors (Lipinski definition) is 2. The zero-order chi connectivity index (χ0) is 10.9. The lowest BCUT2D eigenvalue weighted by molar-refractivity contribution is -0.275. The van der Waals surface area contributed by atoms with Crippen LogP contribution in [0.25, 0.3) is 0 Å². The minimum Gasteiger partial charge on any atom is -0.400 e. The van der Waals surface area contributed by atoms with E-state index < -0.39 is 23.6 Å². The average molecular weight is 323 g/mol. The molecule has 3 nitrogen and oxygen atoms in total. The third kappa shape index (κ3) is 2.86. The highest BCUT2D eigenvalue weighted by Gasteiger charge is 2.32. The summed E-state index contributed by atoms with van der Waals surface area (Å²) < 4.78 is 50.8. The van der Waals surface area contributed by atoms with Crippen molar-refractivity contribution < 1.29 is 22.3 Å². The highest BCUT2D eigenvalue weighted by atomic mass is 127. The number of rotatable bonds is 1. The Morgan fingerprint density at radius 1 is 1.43 bits per heavy atom. The number of halogens is 5. The van der Waals surface area contributed by atoms with Crippen LogP contribution in [0.2, 0.25) is 0 Å². The molecule has 0 aromatic carbocycles. The second-order valence-corrected chi connectivity index (χ2v) is 3.33. The van der Waals surface area contributed by atoms with Crippen LogP contribution in [0.3, 0.4) is 0 Å². The van der Waals surface area contributed by atoms with Crippen molar-refractivity contribution in [2.24, 2.45) is 0 Å². The Morgan fingerprint density at radius 3 is 2.50 bits per heavy atom. The van der Waals surface area contributed by atoms with Gasteiger partial charge in [0.05, 0.1) is 3.57 Å². The fraction of sp³-hybridized carbons (Fsp3) is 0.167. The Kier molecular flexibility index (Phi) is 3.02. The zero-order valence-corrected chi connectivity index (χ0v) is 8.44. The first-order valence-electron chi connectivity index (χ1n) is 3.13. The van der Waals surface area contributed by atoms with E-state index in [-0.39, 0.29) is 3.57 Å². The minimum absolute atomic E-state index is 0.165. The second kappa shape index (κ2) is 3.75. The van der Waals surface area contributed by atoms with Gasteiger partial charge < -0.3 is 4.74 Å². The van der Waals surface area contributed by atoms with Crippen LogP contribution in [0.1, 0.15) is 0 Å². The van der Waals surface area contributed by atoms with Gasteiger partial charge in [0, 0.05) is 6.07 Å². The molecule has 1 N–H and O–H groups in total. The van der Waals surface area contributed by atoms with E-state index in [9.17, 15) is 22.4 Å². The fourth-order valence-corrected chi connectivity index (χ4v) is 1.08. The molecule has 1 rings (SSSR count). The Morgan fingerprint density at radius 2 is 2.00 bits per heavy atom. The Hall–Kier alpha value is -0.800. The van der Waals surface area contributed by atoms with Crippen LogP contribution in [0.4, 0.5) is 17.6 Å². The van der Waals surface area contributed by atoms with E-state index in [0.717, 1.165) is 0 Å². The molecule has 1 aromatic heterocycles. The number of hydrogen-bond donors (Lipinski definition) is 1. The zero-order valence-electron chi connectivity index (χ0n) is 6.28. The van der Waals surface area contributed by atoms with Gasteiger partial charge in [0.15, 0.2) is 5.75 Å². The van der Waals surface area contributed by atoms with Crippen molar-refractivity contribution >= 4 is 22.6 Å². The van der Waals surface area contributed by atoms with E-state index in [4.69, 9.17) is 0 Å². The lowest BCUT2D eigenvalue weighted by atomic mass is 10.4. The number of H-pyrrole nitrogens is 1. The van der Waals surface area contributed by atoms with Crippen LogP contribution in [-0.2, 0) is 0 Å². The van der Waals surface area contributed by atoms with Crippen LogP contribution in [0, 0.1) is 9.52 Å². The van der Waals surface area contributed by atoms with E-state index in [1.807, 2.05) is 0 Å². The predicted molar refractivity (Wildman–Crippen MR) is 46.4 cm³/mol. The molecule has 0 aliphatic heterocycles. The molecule has 14 heavy (non-hydrogen) atoms. The van der Waals surface area contributed by atoms with E-state index in [1.165, 1.54) is 22.6 Å². The quantitative estimate of drug-likeness (QED) is 0.488. The van der Waals surface area contributed by atoms with Crippen molar-refractivity contribution in [3.63, 3.8) is 0 Å². The minimum atomic E-state index is -4.96. The molecular formula is C6H2F4INO2. The van der Waals surface area contributed by atoms with Crippen molar-refractivity contribution in [2.45, 2.75) is 6.36 Å². The first-order valence-corrected chi connectivity index (χ1v) is 4.21. The van der Waals surface area contributed by atoms with Crippen molar-refractivity contribution in [1.82, 2.24) is 4.98 Å². The topological polar surface area (TPSA) is 42.1 Å². The summed E-state index contributed by atoms with van der Waals surface area (Å²) in [6, 6.07) is 0.669. The van der Waals surface area contributed by atoms with Gasteiger partial charge in [-0.05, 0) is 22.6 Å². The van der Waals surface area contributed by atoms with Crippen molar-refractivity contribution in [3.8, 4) is 5.75 Å². The van der Waals surface area contributed by atoms with Gasteiger partial charge >= 0.3 is 6.36 Å². The Labute approximate surface area is 88.2 Å². The van der Waals surface area contributed by atoms with Gasteiger partial charge in [0.25, 0.3) is 5.56 Å². The van der Waals surface area contributed by atoms with E-state index in [1.54, 1.807) is 4.98 Å². The highest BCUT2D eigenvalue weighted by Crippen LogP contribution is 2.21. The molecule has 8 heteroatoms. The molecule has 1 aromatic rings. The maximum absolute atomic E-state index is 12.6. The van der Waals surface area contributed by atoms with Crippen LogP contribution in [-0.4, -0.2) is 11.3 Å². The molecule has 0 radical (unpaired) electrons. The molecule has 78 valence electrons. The number of ether oxygens (including phenoxy) is 1. The van der Waals surface area contributed by atoms with Gasteiger partial charge in [-0.2, -0.15) is 4.39 Å². The lowest BCUT2D eigenvalue weighted by Gasteiger charge is -2.07. The Bertz CT molecular complexity index is 400. The summed E-state index contributed by atoms with van der Waals surface area (Å²) >= 11 is 1.43. The third-order valence-corrected chi connectivity index (χ3v) is 1.93. The maximum Gasteiger partial charge on any atom is 0.573 e. The molecular weight excluding hydrogens is 321 g/mol. The van der Waals surface area contributed by atoms with Gasteiger partial charge in [-0.15, -0.1) is 13.2 Å². The van der Waals surface area contributed by atoms with Gasteiger partial charge in [-0.25, -0.2) is 0 Å². The SMILES string of the molecule is O=c1[nH]c(F)c(I)cc1OC(F)(F)F. The van der Waals surface area contributed by atoms with Gasteiger partial charge in [-0.1, -0.05) is 0 Å². The molecule has 1 heterocycles. The average Bonchev–Trinajstić information content (AvgIpc) is 1.97. The van der Waals surface area contributed by atoms with Crippen molar-refractivity contribution in [3.05, 3.63) is 25.9 Å². The van der Waals surface area contributed by atoms with Gasteiger partial charge in [0.1, 0.15) is 0 Å². The molecule has 0 amide bonds. The van der Waals surface area contributed by atoms with Crippen LogP contribution >= 0.6 is 22.6 Å². The molecule has 0 aliphatic carbocycles. The summed E-state index contributed by atoms with van der Waals surface area (Å²) in [5, 5.41) is 0. The summed E-state index contributed by atoms with van der Waals surface area (Å²) in [4.78, 5) is 12.3. The monoisotopic (exact) mass is 323 g/mol. The summed E-state index contributed by atoms with van der Waals surface area (Å²) in [5.41, 5.74) is -1.26. The molecule has 0 spiro atoms. The molecule has 0 saturated carbocycles. The first kappa shape index (κ1) is 11.3. The molecule has 0 bridgehead atoms. The lowest BCUT2D eigenvalue weighted by Crippen LogP contribution is -2.23. The van der Waals surface area contributed by atoms with Gasteiger partial charge in [-0.3, -0.25) is 9.78 Å². The molecule has 0 atom stereocenters. The number of alkyl halides is 3. The largest absolute Gasteiger partial charge is 0.573 e. The molecule has 0 unspecified atom stereocenters. The van der Waals surface area contributed by atoms with Crippen LogP contribution < -0.4 is 10.3 Å². The molecule has 0 saturated heterocycles. The smallest absolute Gasteiger partial charge is 0.400 e. The number of nitrogens with one attached hydrogen (secondary N) is 1. The van der Waals surface area contributed by atoms with Crippen LogP contribution in [0.15, 0.2) is 10.9 Å². The predicted octanol–water partition coefficient (Wildman–Crippen LogP) is 2.02. The highest BCUT2D eigenvalue weighted by molar-refractivity contribution is 14.1. The van der Waals surface area contributed by atoms with E-state index in [0.29, 0.717) is 6.07 Å². The number of pyridine rings is 1. The number of aromatic nitrogens is 1. The van der Waals surface area contributed by atoms with Gasteiger partial charge in [0.2, 0.25) is 5.95 Å². The number of aromatic amines is 1. The summed E-state index contributed by atoms with van der Waals surface area (Å²) in [6.45, 7) is 0. The Balaban J connectivity index is 3.11. The maximum atomic E-state index is 12.6. The third-order valence-electron chi connectivity index (χ3n) is 1.14. The molecule has 0 aliphatic rings. The van der Waals surface area contributed by atoms with E-state index >= 15 is 0 Å². The summed E-state index contributed by atoms with van der Waals surface area (Å²) in [6.07, 6.45) is -4.96. The van der Waals surface area contributed by atoms with E-state index in [2.05, 4.69) is 4.74 Å². The fourth-order valence-electron chi connectivity index (χ4n) is 0.665. The first-order chi connectivity index (χ1) is 6.29. The molecule has 0 fully saturated rings. The van der Waals surface area contributed by atoms with Crippen molar-refractivity contribution in [2.75, 3.05) is 0 Å². The normalized spacial score (nSPS) is 11.5. The summed E-state index contributed by atoms with van der Waals surface area (Å²) in [5.74, 6) is -1.98. The van der Waals surface area contributed by atoms with Crippen molar-refractivity contribution in [1.29, 1.82) is 0 Å². The standard InChI is InChI=1S/C6H2F4INO2/c7-4-2(11)1-3(5(13)12-4)14-6(8,9)10/h1H,(H,12,13). The second-order valence-electron chi connectivity index (χ2n) is 2.17.